The van der Waals surface area contributed by atoms with Crippen LogP contribution in [0.5, 0.6) is 0 Å². The molecule has 0 heterocycles. The van der Waals surface area contributed by atoms with Crippen LogP contribution in [-0.4, -0.2) is 17.6 Å². The number of nitrogens with one attached hydrogen (secondary N) is 1. The molecule has 21 heavy (non-hydrogen) atoms. The van der Waals surface area contributed by atoms with Crippen molar-refractivity contribution in [2.75, 3.05) is 17.6 Å². The van der Waals surface area contributed by atoms with Gasteiger partial charge in [-0.25, -0.2) is 9.18 Å². The van der Waals surface area contributed by atoms with Crippen LogP contribution in [0.15, 0.2) is 12.1 Å². The molecule has 1 aromatic carbocycles. The first-order valence-corrected chi connectivity index (χ1v) is 7.53. The highest BCUT2D eigenvalue weighted by molar-refractivity contribution is 5.90. The Bertz CT molecular complexity index is 519. The van der Waals surface area contributed by atoms with E-state index in [1.165, 1.54) is 37.8 Å². The molecule has 4 nitrogen and oxygen atoms in total. The molecule has 1 aromatic rings. The van der Waals surface area contributed by atoms with E-state index in [0.29, 0.717) is 11.6 Å². The molecule has 0 saturated heterocycles. The number of nitrogens with two attached hydrogens (primary N) is 1. The second-order valence-corrected chi connectivity index (χ2v) is 6.08. The van der Waals surface area contributed by atoms with Gasteiger partial charge in [0.1, 0.15) is 5.82 Å². The smallest absolute Gasteiger partial charge is 0.338 e. The molecule has 0 aliphatic heterocycles. The van der Waals surface area contributed by atoms with Crippen molar-refractivity contribution in [3.8, 4) is 0 Å². The molecular formula is C16H23FN2O2. The minimum Gasteiger partial charge on any atom is -0.478 e. The Morgan fingerprint density at radius 3 is 2.90 bits per heavy atom. The van der Waals surface area contributed by atoms with Gasteiger partial charge in [-0.05, 0) is 36.8 Å². The van der Waals surface area contributed by atoms with Gasteiger partial charge in [0.05, 0.1) is 16.9 Å². The molecule has 1 saturated carbocycles. The number of rotatable bonds is 5. The molecule has 116 valence electrons. The van der Waals surface area contributed by atoms with Gasteiger partial charge in [0.2, 0.25) is 0 Å². The number of anilines is 2. The first kappa shape index (κ1) is 15.6. The number of nitrogen functional groups attached to an aromatic ring is 1. The SMILES string of the molecule is CC1CCCC(CCNc2cc(F)c(C(=O)O)cc2N)C1. The van der Waals surface area contributed by atoms with E-state index in [4.69, 9.17) is 10.8 Å². The molecule has 1 aliphatic carbocycles. The van der Waals surface area contributed by atoms with Gasteiger partial charge in [0.15, 0.2) is 0 Å². The van der Waals surface area contributed by atoms with E-state index in [0.717, 1.165) is 18.9 Å². The lowest BCUT2D eigenvalue weighted by Gasteiger charge is -2.26. The van der Waals surface area contributed by atoms with E-state index in [1.807, 2.05) is 0 Å². The van der Waals surface area contributed by atoms with E-state index < -0.39 is 11.8 Å². The molecule has 0 spiro atoms. The van der Waals surface area contributed by atoms with Crippen molar-refractivity contribution < 1.29 is 14.3 Å². The normalized spacial score (nSPS) is 22.0. The highest BCUT2D eigenvalue weighted by atomic mass is 19.1. The van der Waals surface area contributed by atoms with Gasteiger partial charge < -0.3 is 16.2 Å². The van der Waals surface area contributed by atoms with Crippen molar-refractivity contribution in [3.05, 3.63) is 23.5 Å². The van der Waals surface area contributed by atoms with Gasteiger partial charge in [0.25, 0.3) is 0 Å². The number of carbonyl (C=O) groups is 1. The molecular weight excluding hydrogens is 271 g/mol. The summed E-state index contributed by atoms with van der Waals surface area (Å²) in [6.45, 7) is 3.02. The number of hydrogen-bond acceptors (Lipinski definition) is 3. The third-order valence-electron chi connectivity index (χ3n) is 4.28. The molecule has 2 unspecified atom stereocenters. The van der Waals surface area contributed by atoms with Gasteiger partial charge in [-0.3, -0.25) is 0 Å². The summed E-state index contributed by atoms with van der Waals surface area (Å²) in [4.78, 5) is 10.8. The number of carboxylic acid groups (broad SMARTS) is 1. The number of benzene rings is 1. The summed E-state index contributed by atoms with van der Waals surface area (Å²) in [6, 6.07) is 2.34. The third kappa shape index (κ3) is 4.09. The Morgan fingerprint density at radius 2 is 2.24 bits per heavy atom. The molecule has 4 N–H and O–H groups in total. The Morgan fingerprint density at radius 1 is 1.48 bits per heavy atom. The first-order chi connectivity index (χ1) is 9.97. The quantitative estimate of drug-likeness (QED) is 0.723. The van der Waals surface area contributed by atoms with Crippen molar-refractivity contribution in [2.24, 2.45) is 11.8 Å². The maximum absolute atomic E-state index is 13.6. The average molecular weight is 294 g/mol. The zero-order valence-electron chi connectivity index (χ0n) is 12.4. The average Bonchev–Trinajstić information content (AvgIpc) is 2.42. The van der Waals surface area contributed by atoms with E-state index in [2.05, 4.69) is 12.2 Å². The summed E-state index contributed by atoms with van der Waals surface area (Å²) in [5, 5.41) is 12.0. The van der Waals surface area contributed by atoms with E-state index >= 15 is 0 Å². The van der Waals surface area contributed by atoms with Gasteiger partial charge in [0, 0.05) is 6.54 Å². The molecule has 0 aromatic heterocycles. The van der Waals surface area contributed by atoms with E-state index in [-0.39, 0.29) is 11.3 Å². The number of carboxylic acids is 1. The summed E-state index contributed by atoms with van der Waals surface area (Å²) in [5.41, 5.74) is 6.13. The Labute approximate surface area is 124 Å². The maximum atomic E-state index is 13.6. The standard InChI is InChI=1S/C16H23FN2O2/c1-10-3-2-4-11(7-10)5-6-19-15-9-13(17)12(16(20)21)8-14(15)18/h8-11,19H,2-7,18H2,1H3,(H,20,21). The fourth-order valence-electron chi connectivity index (χ4n) is 3.14. The number of aromatic carboxylic acids is 1. The third-order valence-corrected chi connectivity index (χ3v) is 4.28. The zero-order valence-corrected chi connectivity index (χ0v) is 12.4. The first-order valence-electron chi connectivity index (χ1n) is 7.53. The molecule has 1 aliphatic rings. The largest absolute Gasteiger partial charge is 0.478 e. The highest BCUT2D eigenvalue weighted by Crippen LogP contribution is 2.31. The minimum atomic E-state index is -1.30. The van der Waals surface area contributed by atoms with Crippen molar-refractivity contribution in [2.45, 2.75) is 39.0 Å². The fraction of sp³-hybridized carbons (Fsp3) is 0.562. The van der Waals surface area contributed by atoms with Gasteiger partial charge >= 0.3 is 5.97 Å². The summed E-state index contributed by atoms with van der Waals surface area (Å²) in [7, 11) is 0. The van der Waals surface area contributed by atoms with Crippen molar-refractivity contribution >= 4 is 17.3 Å². The lowest BCUT2D eigenvalue weighted by molar-refractivity contribution is 0.0692. The molecule has 1 fully saturated rings. The van der Waals surface area contributed by atoms with Crippen LogP contribution in [0.25, 0.3) is 0 Å². The number of halogens is 1. The second kappa shape index (κ2) is 6.78. The van der Waals surface area contributed by atoms with Crippen molar-refractivity contribution in [3.63, 3.8) is 0 Å². The molecule has 0 bridgehead atoms. The van der Waals surface area contributed by atoms with Crippen LogP contribution >= 0.6 is 0 Å². The minimum absolute atomic E-state index is 0.269. The molecule has 5 heteroatoms. The number of hydrogen-bond donors (Lipinski definition) is 3. The predicted octanol–water partition coefficient (Wildman–Crippen LogP) is 3.73. The second-order valence-electron chi connectivity index (χ2n) is 6.08. The fourth-order valence-corrected chi connectivity index (χ4v) is 3.14. The summed E-state index contributed by atoms with van der Waals surface area (Å²) < 4.78 is 13.6. The van der Waals surface area contributed by atoms with Crippen LogP contribution in [0, 0.1) is 17.7 Å². The van der Waals surface area contributed by atoms with Gasteiger partial charge in [-0.15, -0.1) is 0 Å². The van der Waals surface area contributed by atoms with Crippen LogP contribution in [0.1, 0.15) is 49.4 Å². The monoisotopic (exact) mass is 294 g/mol. The van der Waals surface area contributed by atoms with Crippen molar-refractivity contribution in [1.29, 1.82) is 0 Å². The Hall–Kier alpha value is -1.78. The van der Waals surface area contributed by atoms with Crippen LogP contribution < -0.4 is 11.1 Å². The molecule has 0 radical (unpaired) electrons. The maximum Gasteiger partial charge on any atom is 0.338 e. The Balaban J connectivity index is 1.91. The summed E-state index contributed by atoms with van der Waals surface area (Å²) >= 11 is 0. The van der Waals surface area contributed by atoms with Crippen LogP contribution in [-0.2, 0) is 0 Å². The predicted molar refractivity (Wildman–Crippen MR) is 82.0 cm³/mol. The van der Waals surface area contributed by atoms with Gasteiger partial charge in [-0.1, -0.05) is 26.2 Å². The highest BCUT2D eigenvalue weighted by Gasteiger charge is 2.19. The lowest BCUT2D eigenvalue weighted by Crippen LogP contribution is -2.17. The van der Waals surface area contributed by atoms with E-state index in [1.54, 1.807) is 0 Å². The lowest BCUT2D eigenvalue weighted by atomic mass is 9.81. The van der Waals surface area contributed by atoms with Crippen LogP contribution in [0.4, 0.5) is 15.8 Å². The van der Waals surface area contributed by atoms with Crippen LogP contribution in [0.2, 0.25) is 0 Å². The van der Waals surface area contributed by atoms with Gasteiger partial charge in [-0.2, -0.15) is 0 Å². The zero-order chi connectivity index (χ0) is 15.4. The topological polar surface area (TPSA) is 75.3 Å². The summed E-state index contributed by atoms with van der Waals surface area (Å²) in [5.74, 6) is -0.556. The summed E-state index contributed by atoms with van der Waals surface area (Å²) in [6.07, 6.45) is 6.15. The Kier molecular flexibility index (Phi) is 5.04. The van der Waals surface area contributed by atoms with Crippen molar-refractivity contribution in [1.82, 2.24) is 0 Å². The van der Waals surface area contributed by atoms with E-state index in [9.17, 15) is 9.18 Å². The van der Waals surface area contributed by atoms with Crippen LogP contribution in [0.3, 0.4) is 0 Å². The molecule has 0 amide bonds. The molecule has 2 rings (SSSR count). The molecule has 2 atom stereocenters.